The number of nitrogens with one attached hydrogen (secondary N) is 2. The van der Waals surface area contributed by atoms with Gasteiger partial charge in [-0.2, -0.15) is 0 Å². The van der Waals surface area contributed by atoms with Crippen molar-refractivity contribution in [1.82, 2.24) is 15.5 Å². The van der Waals surface area contributed by atoms with Crippen molar-refractivity contribution in [2.45, 2.75) is 45.3 Å². The largest absolute Gasteiger partial charge is 0.480 e. The third kappa shape index (κ3) is 3.96. The highest BCUT2D eigenvalue weighted by Gasteiger charge is 2.35. The summed E-state index contributed by atoms with van der Waals surface area (Å²) in [4.78, 5) is 25.0. The fourth-order valence-electron chi connectivity index (χ4n) is 2.04. The van der Waals surface area contributed by atoms with E-state index in [-0.39, 0.29) is 11.4 Å². The van der Waals surface area contributed by atoms with E-state index in [1.807, 2.05) is 20.8 Å². The van der Waals surface area contributed by atoms with E-state index < -0.39 is 18.1 Å². The number of hydrogen-bond donors (Lipinski definition) is 3. The highest BCUT2D eigenvalue weighted by Crippen LogP contribution is 2.10. The summed E-state index contributed by atoms with van der Waals surface area (Å²) in [5.41, 5.74) is -0.307. The van der Waals surface area contributed by atoms with Gasteiger partial charge in [0, 0.05) is 25.2 Å². The minimum absolute atomic E-state index is 0.129. The Morgan fingerprint density at radius 1 is 1.44 bits per heavy atom. The van der Waals surface area contributed by atoms with Crippen molar-refractivity contribution in [1.29, 1.82) is 0 Å². The third-order valence-electron chi connectivity index (χ3n) is 2.94. The number of aliphatic carboxylic acids is 1. The minimum Gasteiger partial charge on any atom is -0.480 e. The first-order valence-electron chi connectivity index (χ1n) is 6.23. The van der Waals surface area contributed by atoms with Crippen LogP contribution in [0.5, 0.6) is 0 Å². The molecular formula is C12H23N3O3. The second-order valence-corrected chi connectivity index (χ2v) is 5.71. The summed E-state index contributed by atoms with van der Waals surface area (Å²) in [6.45, 7) is 9.12. The fourth-order valence-corrected chi connectivity index (χ4v) is 2.04. The van der Waals surface area contributed by atoms with E-state index in [1.54, 1.807) is 11.8 Å². The van der Waals surface area contributed by atoms with Crippen molar-refractivity contribution in [3.05, 3.63) is 0 Å². The average Bonchev–Trinajstić information content (AvgIpc) is 2.25. The molecule has 0 aromatic heterocycles. The van der Waals surface area contributed by atoms with Gasteiger partial charge in [0.1, 0.15) is 6.04 Å². The predicted molar refractivity (Wildman–Crippen MR) is 68.4 cm³/mol. The Bertz CT molecular complexity index is 325. The summed E-state index contributed by atoms with van der Waals surface area (Å²) >= 11 is 0. The maximum Gasteiger partial charge on any atom is 0.322 e. The van der Waals surface area contributed by atoms with Crippen LogP contribution in [0.1, 0.15) is 27.7 Å². The van der Waals surface area contributed by atoms with Crippen molar-refractivity contribution >= 4 is 11.9 Å². The molecule has 0 aromatic carbocycles. The predicted octanol–water partition coefficient (Wildman–Crippen LogP) is -0.352. The van der Waals surface area contributed by atoms with Crippen LogP contribution in [0.4, 0.5) is 0 Å². The summed E-state index contributed by atoms with van der Waals surface area (Å²) in [6, 6.07) is -1.08. The highest BCUT2D eigenvalue weighted by molar-refractivity contribution is 5.83. The monoisotopic (exact) mass is 257 g/mol. The number of carbonyl (C=O) groups is 2. The number of hydrogen-bond acceptors (Lipinski definition) is 4. The van der Waals surface area contributed by atoms with Gasteiger partial charge >= 0.3 is 5.97 Å². The summed E-state index contributed by atoms with van der Waals surface area (Å²) in [6.07, 6.45) is 0. The van der Waals surface area contributed by atoms with Crippen molar-refractivity contribution in [3.8, 4) is 0 Å². The molecule has 2 atom stereocenters. The number of piperazine rings is 1. The molecule has 0 aliphatic carbocycles. The Labute approximate surface area is 108 Å². The Morgan fingerprint density at radius 3 is 2.56 bits per heavy atom. The van der Waals surface area contributed by atoms with Gasteiger partial charge in [-0.15, -0.1) is 0 Å². The molecule has 6 nitrogen and oxygen atoms in total. The van der Waals surface area contributed by atoms with Gasteiger partial charge in [0.2, 0.25) is 5.91 Å². The first-order valence-corrected chi connectivity index (χ1v) is 6.23. The molecule has 0 radical (unpaired) electrons. The summed E-state index contributed by atoms with van der Waals surface area (Å²) in [5, 5.41) is 15.1. The van der Waals surface area contributed by atoms with Crippen molar-refractivity contribution in [2.75, 3.05) is 19.6 Å². The molecule has 0 spiro atoms. The molecule has 18 heavy (non-hydrogen) atoms. The lowest BCUT2D eigenvalue weighted by Gasteiger charge is -2.38. The molecule has 0 saturated carbocycles. The second kappa shape index (κ2) is 5.67. The maximum absolute atomic E-state index is 12.1. The van der Waals surface area contributed by atoms with E-state index >= 15 is 0 Å². The van der Waals surface area contributed by atoms with Crippen molar-refractivity contribution in [3.63, 3.8) is 0 Å². The number of rotatable bonds is 3. The van der Waals surface area contributed by atoms with Gasteiger partial charge in [0.05, 0.1) is 6.04 Å². The molecule has 1 heterocycles. The van der Waals surface area contributed by atoms with E-state index in [0.717, 1.165) is 0 Å². The smallest absolute Gasteiger partial charge is 0.322 e. The standard InChI is InChI=1S/C12H23N3O3/c1-8(10(16)14-12(2,3)4)15-6-5-13-7-9(15)11(17)18/h8-9,13H,5-7H2,1-4H3,(H,14,16)(H,17,18). The first kappa shape index (κ1) is 14.9. The lowest BCUT2D eigenvalue weighted by atomic mass is 10.1. The molecule has 0 bridgehead atoms. The molecule has 1 amide bonds. The van der Waals surface area contributed by atoms with Crippen LogP contribution in [-0.2, 0) is 9.59 Å². The zero-order valence-corrected chi connectivity index (χ0v) is 11.5. The lowest BCUT2D eigenvalue weighted by molar-refractivity contribution is -0.146. The van der Waals surface area contributed by atoms with Gasteiger partial charge in [-0.3, -0.25) is 14.5 Å². The number of carboxylic acids is 1. The average molecular weight is 257 g/mol. The second-order valence-electron chi connectivity index (χ2n) is 5.71. The molecule has 1 saturated heterocycles. The third-order valence-corrected chi connectivity index (χ3v) is 2.94. The normalized spacial score (nSPS) is 23.4. The zero-order chi connectivity index (χ0) is 13.9. The Balaban J connectivity index is 2.71. The number of carbonyl (C=O) groups excluding carboxylic acids is 1. The summed E-state index contributed by atoms with van der Waals surface area (Å²) in [7, 11) is 0. The van der Waals surface area contributed by atoms with Gasteiger partial charge in [-0.05, 0) is 27.7 Å². The van der Waals surface area contributed by atoms with E-state index in [0.29, 0.717) is 19.6 Å². The fraction of sp³-hybridized carbons (Fsp3) is 0.833. The number of carboxylic acid groups (broad SMARTS) is 1. The van der Waals surface area contributed by atoms with E-state index in [9.17, 15) is 9.59 Å². The minimum atomic E-state index is -0.891. The van der Waals surface area contributed by atoms with Gasteiger partial charge in [-0.1, -0.05) is 0 Å². The van der Waals surface area contributed by atoms with Gasteiger partial charge in [-0.25, -0.2) is 0 Å². The maximum atomic E-state index is 12.1. The number of nitrogens with zero attached hydrogens (tertiary/aromatic N) is 1. The summed E-state index contributed by atoms with van der Waals surface area (Å²) < 4.78 is 0. The van der Waals surface area contributed by atoms with Crippen LogP contribution in [0.2, 0.25) is 0 Å². The molecule has 1 aliphatic heterocycles. The van der Waals surface area contributed by atoms with E-state index in [1.165, 1.54) is 0 Å². The van der Waals surface area contributed by atoms with E-state index in [4.69, 9.17) is 5.11 Å². The van der Waals surface area contributed by atoms with Crippen LogP contribution in [0.15, 0.2) is 0 Å². The van der Waals surface area contributed by atoms with Crippen molar-refractivity contribution < 1.29 is 14.7 Å². The SMILES string of the molecule is CC(C(=O)NC(C)(C)C)N1CCNCC1C(=O)O. The quantitative estimate of drug-likeness (QED) is 0.644. The molecule has 1 rings (SSSR count). The van der Waals surface area contributed by atoms with Gasteiger partial charge in [0.25, 0.3) is 0 Å². The lowest BCUT2D eigenvalue weighted by Crippen LogP contribution is -2.61. The highest BCUT2D eigenvalue weighted by atomic mass is 16.4. The zero-order valence-electron chi connectivity index (χ0n) is 11.5. The Hall–Kier alpha value is -1.14. The molecule has 6 heteroatoms. The topological polar surface area (TPSA) is 81.7 Å². The Kier molecular flexibility index (Phi) is 4.70. The molecule has 104 valence electrons. The Morgan fingerprint density at radius 2 is 2.06 bits per heavy atom. The summed E-state index contributed by atoms with van der Waals surface area (Å²) in [5.74, 6) is -1.02. The van der Waals surface area contributed by atoms with E-state index in [2.05, 4.69) is 10.6 Å². The molecule has 3 N–H and O–H groups in total. The van der Waals surface area contributed by atoms with Crippen LogP contribution in [0.25, 0.3) is 0 Å². The van der Waals surface area contributed by atoms with Crippen LogP contribution >= 0.6 is 0 Å². The molecular weight excluding hydrogens is 234 g/mol. The number of amides is 1. The van der Waals surface area contributed by atoms with Crippen LogP contribution < -0.4 is 10.6 Å². The first-order chi connectivity index (χ1) is 8.22. The molecule has 0 aromatic rings. The van der Waals surface area contributed by atoms with Gasteiger partial charge in [0.15, 0.2) is 0 Å². The molecule has 1 fully saturated rings. The van der Waals surface area contributed by atoms with Gasteiger partial charge < -0.3 is 15.7 Å². The van der Waals surface area contributed by atoms with Crippen molar-refractivity contribution in [2.24, 2.45) is 0 Å². The van der Waals surface area contributed by atoms with Crippen LogP contribution in [-0.4, -0.2) is 59.1 Å². The molecule has 1 aliphatic rings. The van der Waals surface area contributed by atoms with Crippen LogP contribution in [0.3, 0.4) is 0 Å². The van der Waals surface area contributed by atoms with Crippen LogP contribution in [0, 0.1) is 0 Å². The molecule has 2 unspecified atom stereocenters.